The first-order valence-corrected chi connectivity index (χ1v) is 10.1. The van der Waals surface area contributed by atoms with E-state index in [-0.39, 0.29) is 11.8 Å². The molecule has 2 amide bonds. The van der Waals surface area contributed by atoms with Crippen molar-refractivity contribution in [1.29, 1.82) is 0 Å². The summed E-state index contributed by atoms with van der Waals surface area (Å²) in [5.74, 6) is -0.770. The van der Waals surface area contributed by atoms with Crippen LogP contribution in [0.25, 0.3) is 0 Å². The molecule has 0 radical (unpaired) electrons. The fourth-order valence-corrected chi connectivity index (χ4v) is 3.58. The molecule has 0 aromatic heterocycles. The van der Waals surface area contributed by atoms with Gasteiger partial charge in [0.2, 0.25) is 5.91 Å². The minimum atomic E-state index is -0.504. The number of hydrogen-bond donors (Lipinski definition) is 2. The molecule has 2 N–H and O–H groups in total. The zero-order chi connectivity index (χ0) is 21.6. The maximum absolute atomic E-state index is 12.8. The largest absolute Gasteiger partial charge is 0.383 e. The highest BCUT2D eigenvalue weighted by molar-refractivity contribution is 6.24. The van der Waals surface area contributed by atoms with Crippen molar-refractivity contribution < 1.29 is 14.3 Å². The van der Waals surface area contributed by atoms with Gasteiger partial charge in [-0.05, 0) is 41.5 Å². The van der Waals surface area contributed by atoms with Gasteiger partial charge in [-0.3, -0.25) is 14.6 Å². The lowest BCUT2D eigenvalue weighted by molar-refractivity contribution is -0.115. The number of carbonyl (C=O) groups excluding carboxylic acids is 2. The Morgan fingerprint density at radius 1 is 0.968 bits per heavy atom. The summed E-state index contributed by atoms with van der Waals surface area (Å²) in [6.45, 7) is 0.906. The number of methoxy groups -OCH3 is 1. The van der Waals surface area contributed by atoms with Crippen LogP contribution in [0.1, 0.15) is 27.4 Å². The Hall–Kier alpha value is -3.77. The average Bonchev–Trinajstić information content (AvgIpc) is 3.14. The Balaban J connectivity index is 1.67. The number of aliphatic imine (C=N–C) groups is 1. The van der Waals surface area contributed by atoms with Gasteiger partial charge in [-0.1, -0.05) is 48.5 Å². The number of carbonyl (C=O) groups is 2. The molecule has 1 heterocycles. The van der Waals surface area contributed by atoms with Crippen LogP contribution < -0.4 is 10.6 Å². The molecule has 0 aliphatic carbocycles. The maximum Gasteiger partial charge on any atom is 0.251 e. The summed E-state index contributed by atoms with van der Waals surface area (Å²) < 4.78 is 4.95. The molecule has 3 aromatic rings. The van der Waals surface area contributed by atoms with Crippen LogP contribution in [0.3, 0.4) is 0 Å². The minimum absolute atomic E-state index is 0.0991. The highest BCUT2D eigenvalue weighted by atomic mass is 16.5. The van der Waals surface area contributed by atoms with E-state index in [1.165, 1.54) is 0 Å². The Morgan fingerprint density at radius 2 is 1.68 bits per heavy atom. The number of benzene rings is 3. The van der Waals surface area contributed by atoms with E-state index >= 15 is 0 Å². The van der Waals surface area contributed by atoms with E-state index in [9.17, 15) is 9.59 Å². The van der Waals surface area contributed by atoms with Crippen molar-refractivity contribution >= 4 is 28.9 Å². The van der Waals surface area contributed by atoms with Crippen LogP contribution in [0.15, 0.2) is 83.9 Å². The Labute approximate surface area is 181 Å². The third-order valence-electron chi connectivity index (χ3n) is 5.11. The molecule has 6 nitrogen and oxygen atoms in total. The zero-order valence-corrected chi connectivity index (χ0v) is 17.2. The predicted octanol–water partition coefficient (Wildman–Crippen LogP) is 3.92. The van der Waals surface area contributed by atoms with E-state index in [1.54, 1.807) is 31.4 Å². The molecule has 1 unspecified atom stereocenters. The van der Waals surface area contributed by atoms with Gasteiger partial charge in [0.25, 0.3) is 5.91 Å². The summed E-state index contributed by atoms with van der Waals surface area (Å²) in [5, 5.41) is 5.74. The lowest BCUT2D eigenvalue weighted by Gasteiger charge is -2.14. The third kappa shape index (κ3) is 4.54. The maximum atomic E-state index is 12.8. The van der Waals surface area contributed by atoms with Crippen LogP contribution in [0.5, 0.6) is 0 Å². The summed E-state index contributed by atoms with van der Waals surface area (Å²) in [4.78, 5) is 29.9. The van der Waals surface area contributed by atoms with Crippen molar-refractivity contribution in [3.05, 3.63) is 95.6 Å². The van der Waals surface area contributed by atoms with E-state index in [0.717, 1.165) is 16.8 Å². The van der Waals surface area contributed by atoms with Crippen molar-refractivity contribution in [2.45, 2.75) is 5.92 Å². The van der Waals surface area contributed by atoms with E-state index in [1.807, 2.05) is 54.6 Å². The Kier molecular flexibility index (Phi) is 6.19. The topological polar surface area (TPSA) is 79.8 Å². The Bertz CT molecular complexity index is 1110. The molecule has 3 aromatic carbocycles. The first kappa shape index (κ1) is 20.5. The number of ether oxygens (including phenoxy) is 1. The molecule has 0 fully saturated rings. The molecular weight excluding hydrogens is 390 g/mol. The van der Waals surface area contributed by atoms with E-state index < -0.39 is 5.92 Å². The predicted molar refractivity (Wildman–Crippen MR) is 121 cm³/mol. The lowest BCUT2D eigenvalue weighted by Crippen LogP contribution is -2.26. The van der Waals surface area contributed by atoms with Gasteiger partial charge in [-0.25, -0.2) is 0 Å². The second-order valence-electron chi connectivity index (χ2n) is 7.17. The summed E-state index contributed by atoms with van der Waals surface area (Å²) in [7, 11) is 1.59. The SMILES string of the molecule is COCCNC(=O)c1ccc(N=C(c2ccccc2)C2C(=O)Nc3ccccc32)cc1. The molecule has 1 atom stereocenters. The average molecular weight is 413 g/mol. The van der Waals surface area contributed by atoms with Crippen LogP contribution in [-0.4, -0.2) is 37.8 Å². The molecule has 156 valence electrons. The second kappa shape index (κ2) is 9.36. The van der Waals surface area contributed by atoms with Gasteiger partial charge in [-0.15, -0.1) is 0 Å². The van der Waals surface area contributed by atoms with Crippen molar-refractivity contribution in [2.24, 2.45) is 4.99 Å². The first-order chi connectivity index (χ1) is 15.2. The van der Waals surface area contributed by atoms with Gasteiger partial charge in [0.05, 0.1) is 18.0 Å². The molecule has 0 spiro atoms. The number of nitrogens with zero attached hydrogens (tertiary/aromatic N) is 1. The van der Waals surface area contributed by atoms with Gasteiger partial charge in [0.15, 0.2) is 0 Å². The van der Waals surface area contributed by atoms with Crippen molar-refractivity contribution in [2.75, 3.05) is 25.6 Å². The quantitative estimate of drug-likeness (QED) is 0.455. The number of nitrogens with one attached hydrogen (secondary N) is 2. The summed E-state index contributed by atoms with van der Waals surface area (Å²) in [5.41, 5.74) is 4.47. The monoisotopic (exact) mass is 413 g/mol. The van der Waals surface area contributed by atoms with Gasteiger partial charge in [0.1, 0.15) is 5.92 Å². The summed E-state index contributed by atoms with van der Waals surface area (Å²) in [6.07, 6.45) is 0. The summed E-state index contributed by atoms with van der Waals surface area (Å²) in [6, 6.07) is 24.4. The number of hydrogen-bond acceptors (Lipinski definition) is 4. The van der Waals surface area contributed by atoms with Crippen LogP contribution >= 0.6 is 0 Å². The molecular formula is C25H23N3O3. The third-order valence-corrected chi connectivity index (χ3v) is 5.11. The number of amides is 2. The van der Waals surface area contributed by atoms with Crippen molar-refractivity contribution in [3.63, 3.8) is 0 Å². The van der Waals surface area contributed by atoms with Crippen LogP contribution in [0.2, 0.25) is 0 Å². The van der Waals surface area contributed by atoms with Crippen LogP contribution in [0, 0.1) is 0 Å². The highest BCUT2D eigenvalue weighted by Gasteiger charge is 2.35. The van der Waals surface area contributed by atoms with Gasteiger partial charge in [-0.2, -0.15) is 0 Å². The first-order valence-electron chi connectivity index (χ1n) is 10.1. The van der Waals surface area contributed by atoms with E-state index in [2.05, 4.69) is 10.6 Å². The van der Waals surface area contributed by atoms with Crippen molar-refractivity contribution in [1.82, 2.24) is 5.32 Å². The molecule has 4 rings (SSSR count). The number of rotatable bonds is 7. The molecule has 0 saturated heterocycles. The molecule has 0 bridgehead atoms. The lowest BCUT2D eigenvalue weighted by atomic mass is 9.90. The number of anilines is 1. The number of para-hydroxylation sites is 1. The highest BCUT2D eigenvalue weighted by Crippen LogP contribution is 2.36. The molecule has 1 aliphatic rings. The normalized spacial score (nSPS) is 15.3. The molecule has 31 heavy (non-hydrogen) atoms. The van der Waals surface area contributed by atoms with Crippen molar-refractivity contribution in [3.8, 4) is 0 Å². The fraction of sp³-hybridized carbons (Fsp3) is 0.160. The van der Waals surface area contributed by atoms with E-state index in [4.69, 9.17) is 9.73 Å². The smallest absolute Gasteiger partial charge is 0.251 e. The fourth-order valence-electron chi connectivity index (χ4n) is 3.58. The van der Waals surface area contributed by atoms with Crippen LogP contribution in [-0.2, 0) is 9.53 Å². The number of fused-ring (bicyclic) bond motifs is 1. The van der Waals surface area contributed by atoms with Gasteiger partial charge < -0.3 is 15.4 Å². The molecule has 1 aliphatic heterocycles. The minimum Gasteiger partial charge on any atom is -0.383 e. The zero-order valence-electron chi connectivity index (χ0n) is 17.2. The van der Waals surface area contributed by atoms with Crippen LogP contribution in [0.4, 0.5) is 11.4 Å². The Morgan fingerprint density at radius 3 is 2.42 bits per heavy atom. The standard InChI is InChI=1S/C25H23N3O3/c1-31-16-15-26-24(29)18-11-13-19(14-12-18)27-23(17-7-3-2-4-8-17)22-20-9-5-6-10-21(20)28-25(22)30/h2-14,22H,15-16H2,1H3,(H,26,29)(H,28,30). The van der Waals surface area contributed by atoms with Gasteiger partial charge in [0, 0.05) is 24.9 Å². The molecule has 0 saturated carbocycles. The van der Waals surface area contributed by atoms with E-state index in [0.29, 0.717) is 30.1 Å². The van der Waals surface area contributed by atoms with Gasteiger partial charge >= 0.3 is 0 Å². The molecule has 6 heteroatoms. The summed E-state index contributed by atoms with van der Waals surface area (Å²) >= 11 is 0. The second-order valence-corrected chi connectivity index (χ2v) is 7.17.